The van der Waals surface area contributed by atoms with Gasteiger partial charge in [-0.1, -0.05) is 30.3 Å². The average Bonchev–Trinajstić information content (AvgIpc) is 2.56. The van der Waals surface area contributed by atoms with Crippen LogP contribution in [0.15, 0.2) is 36.4 Å². The second-order valence-electron chi connectivity index (χ2n) is 6.39. The summed E-state index contributed by atoms with van der Waals surface area (Å²) in [6.07, 6.45) is 7.12. The zero-order valence-corrected chi connectivity index (χ0v) is 13.7. The molecule has 2 aromatic rings. The van der Waals surface area contributed by atoms with Crippen LogP contribution in [0.25, 0.3) is 11.6 Å². The molecule has 0 amide bonds. The van der Waals surface area contributed by atoms with Crippen LogP contribution >= 0.6 is 0 Å². The van der Waals surface area contributed by atoms with Gasteiger partial charge in [-0.3, -0.25) is 0 Å². The summed E-state index contributed by atoms with van der Waals surface area (Å²) >= 11 is 0. The fourth-order valence-corrected chi connectivity index (χ4v) is 3.27. The van der Waals surface area contributed by atoms with Crippen molar-refractivity contribution in [2.75, 3.05) is 0 Å². The van der Waals surface area contributed by atoms with Crippen LogP contribution in [-0.2, 0) is 12.8 Å². The Kier molecular flexibility index (Phi) is 4.33. The van der Waals surface area contributed by atoms with Crippen molar-refractivity contribution >= 4 is 17.6 Å². The zero-order chi connectivity index (χ0) is 16.4. The highest BCUT2D eigenvalue weighted by Crippen LogP contribution is 2.26. The summed E-state index contributed by atoms with van der Waals surface area (Å²) in [5.41, 5.74) is 7.85. The van der Waals surface area contributed by atoms with Gasteiger partial charge in [-0.2, -0.15) is 0 Å². The molecule has 3 rings (SSSR count). The Balaban J connectivity index is 1.92. The van der Waals surface area contributed by atoms with Crippen molar-refractivity contribution < 1.29 is 9.90 Å². The third kappa shape index (κ3) is 3.37. The quantitative estimate of drug-likeness (QED) is 0.798. The maximum Gasteiger partial charge on any atom is 0.335 e. The molecule has 0 spiro atoms. The number of allylic oxidation sites excluding steroid dienone is 1. The van der Waals surface area contributed by atoms with Crippen LogP contribution in [0.3, 0.4) is 0 Å². The summed E-state index contributed by atoms with van der Waals surface area (Å²) in [5, 5.41) is 9.06. The number of carboxylic acids is 1. The summed E-state index contributed by atoms with van der Waals surface area (Å²) in [7, 11) is 0. The Bertz CT molecular complexity index is 784. The Labute approximate surface area is 137 Å². The minimum absolute atomic E-state index is 0.339. The fourth-order valence-electron chi connectivity index (χ4n) is 3.27. The fraction of sp³-hybridized carbons (Fsp3) is 0.286. The van der Waals surface area contributed by atoms with E-state index >= 15 is 0 Å². The SMILES string of the molecule is C/C(=C/c1ccc(C(=O)O)cc1C)c1ccc2c(c1)CCCC2. The van der Waals surface area contributed by atoms with E-state index in [1.54, 1.807) is 12.1 Å². The summed E-state index contributed by atoms with van der Waals surface area (Å²) < 4.78 is 0. The van der Waals surface area contributed by atoms with Gasteiger partial charge in [0.15, 0.2) is 0 Å². The van der Waals surface area contributed by atoms with Gasteiger partial charge in [-0.25, -0.2) is 4.79 Å². The summed E-state index contributed by atoms with van der Waals surface area (Å²) in [5.74, 6) is -0.880. The van der Waals surface area contributed by atoms with Gasteiger partial charge in [0.05, 0.1) is 5.56 Å². The van der Waals surface area contributed by atoms with Crippen LogP contribution in [0.2, 0.25) is 0 Å². The molecule has 0 saturated carbocycles. The van der Waals surface area contributed by atoms with Gasteiger partial charge in [-0.05, 0) is 85.1 Å². The lowest BCUT2D eigenvalue weighted by Crippen LogP contribution is -2.02. The highest BCUT2D eigenvalue weighted by Gasteiger charge is 2.10. The van der Waals surface area contributed by atoms with E-state index in [0.717, 1.165) is 11.1 Å². The molecule has 0 bridgehead atoms. The van der Waals surface area contributed by atoms with Crippen LogP contribution in [-0.4, -0.2) is 11.1 Å². The van der Waals surface area contributed by atoms with Crippen LogP contribution in [0.5, 0.6) is 0 Å². The smallest absolute Gasteiger partial charge is 0.335 e. The molecular weight excluding hydrogens is 284 g/mol. The molecule has 0 fully saturated rings. The maximum atomic E-state index is 11.0. The van der Waals surface area contributed by atoms with Gasteiger partial charge in [0.2, 0.25) is 0 Å². The third-order valence-corrected chi connectivity index (χ3v) is 4.69. The number of hydrogen-bond donors (Lipinski definition) is 1. The summed E-state index contributed by atoms with van der Waals surface area (Å²) in [6.45, 7) is 4.08. The predicted octanol–water partition coefficient (Wildman–Crippen LogP) is 5.13. The summed E-state index contributed by atoms with van der Waals surface area (Å²) in [6, 6.07) is 12.1. The molecule has 0 radical (unpaired) electrons. The molecule has 1 N–H and O–H groups in total. The third-order valence-electron chi connectivity index (χ3n) is 4.69. The summed E-state index contributed by atoms with van der Waals surface area (Å²) in [4.78, 5) is 11.0. The lowest BCUT2D eigenvalue weighted by atomic mass is 9.89. The first-order chi connectivity index (χ1) is 11.0. The Morgan fingerprint density at radius 2 is 1.70 bits per heavy atom. The number of rotatable bonds is 3. The zero-order valence-electron chi connectivity index (χ0n) is 13.7. The van der Waals surface area contributed by atoms with Crippen molar-refractivity contribution in [2.24, 2.45) is 0 Å². The molecule has 0 atom stereocenters. The number of fused-ring (bicyclic) bond motifs is 1. The van der Waals surface area contributed by atoms with Crippen molar-refractivity contribution in [2.45, 2.75) is 39.5 Å². The lowest BCUT2D eigenvalue weighted by molar-refractivity contribution is 0.0697. The molecule has 2 aromatic carbocycles. The number of hydrogen-bond acceptors (Lipinski definition) is 1. The van der Waals surface area contributed by atoms with E-state index in [9.17, 15) is 4.79 Å². The van der Waals surface area contributed by atoms with Crippen LogP contribution in [0, 0.1) is 6.92 Å². The van der Waals surface area contributed by atoms with Crippen molar-refractivity contribution in [1.82, 2.24) is 0 Å². The largest absolute Gasteiger partial charge is 0.478 e. The van der Waals surface area contributed by atoms with Crippen LogP contribution in [0.1, 0.15) is 57.9 Å². The topological polar surface area (TPSA) is 37.3 Å². The second kappa shape index (κ2) is 6.41. The van der Waals surface area contributed by atoms with Crippen molar-refractivity contribution in [1.29, 1.82) is 0 Å². The van der Waals surface area contributed by atoms with Crippen LogP contribution < -0.4 is 0 Å². The number of carboxylic acid groups (broad SMARTS) is 1. The van der Waals surface area contributed by atoms with Crippen molar-refractivity contribution in [3.63, 3.8) is 0 Å². The number of carbonyl (C=O) groups is 1. The van der Waals surface area contributed by atoms with E-state index < -0.39 is 5.97 Å². The van der Waals surface area contributed by atoms with E-state index in [4.69, 9.17) is 5.11 Å². The van der Waals surface area contributed by atoms with Gasteiger partial charge in [-0.15, -0.1) is 0 Å². The first kappa shape index (κ1) is 15.5. The molecule has 0 unspecified atom stereocenters. The van der Waals surface area contributed by atoms with Gasteiger partial charge in [0.1, 0.15) is 0 Å². The van der Waals surface area contributed by atoms with E-state index in [1.807, 2.05) is 13.0 Å². The predicted molar refractivity (Wildman–Crippen MR) is 94.8 cm³/mol. The highest BCUT2D eigenvalue weighted by molar-refractivity contribution is 5.89. The van der Waals surface area contributed by atoms with E-state index in [1.165, 1.54) is 47.9 Å². The lowest BCUT2D eigenvalue weighted by Gasteiger charge is -2.17. The molecule has 2 heteroatoms. The van der Waals surface area contributed by atoms with Crippen molar-refractivity contribution in [3.05, 3.63) is 69.8 Å². The molecule has 0 heterocycles. The molecule has 0 aromatic heterocycles. The average molecular weight is 306 g/mol. The maximum absolute atomic E-state index is 11.0. The van der Waals surface area contributed by atoms with Gasteiger partial charge < -0.3 is 5.11 Å². The molecule has 23 heavy (non-hydrogen) atoms. The van der Waals surface area contributed by atoms with Gasteiger partial charge >= 0.3 is 5.97 Å². The molecule has 1 aliphatic carbocycles. The second-order valence-corrected chi connectivity index (χ2v) is 6.39. The van der Waals surface area contributed by atoms with E-state index in [0.29, 0.717) is 5.56 Å². The van der Waals surface area contributed by atoms with Crippen LogP contribution in [0.4, 0.5) is 0 Å². The highest BCUT2D eigenvalue weighted by atomic mass is 16.4. The van der Waals surface area contributed by atoms with E-state index in [-0.39, 0.29) is 0 Å². The standard InChI is InChI=1S/C21H22O2/c1-14(11-17-9-10-20(21(22)23)12-15(17)2)18-8-7-16-5-3-4-6-19(16)13-18/h7-13H,3-6H2,1-2H3,(H,22,23)/b14-11-. The van der Waals surface area contributed by atoms with E-state index in [2.05, 4.69) is 31.2 Å². The Hall–Kier alpha value is -2.35. The number of benzene rings is 2. The van der Waals surface area contributed by atoms with Crippen molar-refractivity contribution in [3.8, 4) is 0 Å². The molecule has 0 saturated heterocycles. The number of aryl methyl sites for hydroxylation is 3. The monoisotopic (exact) mass is 306 g/mol. The number of aromatic carboxylic acids is 1. The normalized spacial score (nSPS) is 14.4. The molecular formula is C21H22O2. The Morgan fingerprint density at radius 1 is 1.00 bits per heavy atom. The first-order valence-corrected chi connectivity index (χ1v) is 8.19. The first-order valence-electron chi connectivity index (χ1n) is 8.19. The molecule has 0 aliphatic heterocycles. The van der Waals surface area contributed by atoms with Gasteiger partial charge in [0, 0.05) is 0 Å². The Morgan fingerprint density at radius 3 is 2.39 bits per heavy atom. The minimum atomic E-state index is -0.880. The molecule has 118 valence electrons. The molecule has 1 aliphatic rings. The minimum Gasteiger partial charge on any atom is -0.478 e. The van der Waals surface area contributed by atoms with Gasteiger partial charge in [0.25, 0.3) is 0 Å². The molecule has 2 nitrogen and oxygen atoms in total.